The molecule has 0 spiro atoms. The van der Waals surface area contributed by atoms with Crippen LogP contribution in [-0.4, -0.2) is 5.11 Å². The van der Waals surface area contributed by atoms with Gasteiger partial charge < -0.3 is 5.11 Å². The molecular weight excluding hydrogens is 364 g/mol. The molecule has 0 bridgehead atoms. The molecule has 0 heterocycles. The highest BCUT2D eigenvalue weighted by Gasteiger charge is 2.43. The van der Waals surface area contributed by atoms with Crippen molar-refractivity contribution < 1.29 is 5.11 Å². The maximum Gasteiger partial charge on any atom is 0.142 e. The molecule has 6 aromatic carbocycles. The van der Waals surface area contributed by atoms with E-state index in [9.17, 15) is 5.11 Å². The summed E-state index contributed by atoms with van der Waals surface area (Å²) in [5.41, 5.74) is 3.92. The quantitative estimate of drug-likeness (QED) is 0.308. The molecule has 7 rings (SSSR count). The molecule has 1 aliphatic rings. The number of hydrogen-bond acceptors (Lipinski definition) is 1. The Morgan fingerprint density at radius 3 is 1.63 bits per heavy atom. The van der Waals surface area contributed by atoms with Crippen LogP contribution in [-0.2, 0) is 5.60 Å². The minimum atomic E-state index is -1.17. The van der Waals surface area contributed by atoms with Gasteiger partial charge in [-0.25, -0.2) is 0 Å². The zero-order chi connectivity index (χ0) is 19.9. The summed E-state index contributed by atoms with van der Waals surface area (Å²) in [4.78, 5) is 0. The van der Waals surface area contributed by atoms with Gasteiger partial charge in [0.2, 0.25) is 0 Å². The van der Waals surface area contributed by atoms with Crippen molar-refractivity contribution in [2.24, 2.45) is 0 Å². The van der Waals surface area contributed by atoms with E-state index in [1.807, 2.05) is 24.3 Å². The Labute approximate surface area is 174 Å². The van der Waals surface area contributed by atoms with Crippen molar-refractivity contribution in [3.8, 4) is 11.1 Å². The fraction of sp³-hybridized carbons (Fsp3) is 0.0345. The zero-order valence-electron chi connectivity index (χ0n) is 16.3. The third-order valence-corrected chi connectivity index (χ3v) is 6.84. The molecule has 0 radical (unpaired) electrons. The van der Waals surface area contributed by atoms with E-state index in [2.05, 4.69) is 78.9 Å². The molecule has 0 saturated heterocycles. The molecular formula is C29H18O. The lowest BCUT2D eigenvalue weighted by atomic mass is 9.80. The molecule has 6 aromatic rings. The zero-order valence-corrected chi connectivity index (χ0v) is 16.3. The summed E-state index contributed by atoms with van der Waals surface area (Å²) >= 11 is 0. The number of rotatable bonds is 1. The highest BCUT2D eigenvalue weighted by Crippen LogP contribution is 2.52. The highest BCUT2D eigenvalue weighted by atomic mass is 16.3. The number of aliphatic hydroxyl groups is 1. The molecule has 140 valence electrons. The third kappa shape index (κ3) is 1.82. The van der Waals surface area contributed by atoms with Crippen molar-refractivity contribution in [3.05, 3.63) is 120 Å². The first-order valence-corrected chi connectivity index (χ1v) is 10.4. The first kappa shape index (κ1) is 16.2. The van der Waals surface area contributed by atoms with E-state index in [0.29, 0.717) is 0 Å². The van der Waals surface area contributed by atoms with Crippen LogP contribution < -0.4 is 0 Å². The third-order valence-electron chi connectivity index (χ3n) is 6.84. The van der Waals surface area contributed by atoms with Crippen LogP contribution in [0.1, 0.15) is 16.7 Å². The topological polar surface area (TPSA) is 20.2 Å². The monoisotopic (exact) mass is 382 g/mol. The summed E-state index contributed by atoms with van der Waals surface area (Å²) < 4.78 is 0. The van der Waals surface area contributed by atoms with Crippen molar-refractivity contribution in [3.63, 3.8) is 0 Å². The smallest absolute Gasteiger partial charge is 0.142 e. The van der Waals surface area contributed by atoms with Gasteiger partial charge in [-0.1, -0.05) is 103 Å². The van der Waals surface area contributed by atoms with Crippen LogP contribution in [0.5, 0.6) is 0 Å². The minimum Gasteiger partial charge on any atom is -0.376 e. The van der Waals surface area contributed by atoms with Crippen molar-refractivity contribution in [1.82, 2.24) is 0 Å². The van der Waals surface area contributed by atoms with Gasteiger partial charge in [-0.15, -0.1) is 0 Å². The Morgan fingerprint density at radius 1 is 0.433 bits per heavy atom. The Hall–Kier alpha value is -3.68. The molecule has 0 unspecified atom stereocenters. The van der Waals surface area contributed by atoms with E-state index in [-0.39, 0.29) is 0 Å². The van der Waals surface area contributed by atoms with Crippen molar-refractivity contribution in [2.45, 2.75) is 5.60 Å². The second kappa shape index (κ2) is 5.47. The van der Waals surface area contributed by atoms with Crippen LogP contribution in [0.3, 0.4) is 0 Å². The fourth-order valence-electron chi connectivity index (χ4n) is 5.55. The summed E-state index contributed by atoms with van der Waals surface area (Å²) in [6.07, 6.45) is 0. The summed E-state index contributed by atoms with van der Waals surface area (Å²) in [6, 6.07) is 36.0. The van der Waals surface area contributed by atoms with Gasteiger partial charge in [-0.3, -0.25) is 0 Å². The second-order valence-corrected chi connectivity index (χ2v) is 8.27. The van der Waals surface area contributed by atoms with Crippen molar-refractivity contribution >= 4 is 32.3 Å². The van der Waals surface area contributed by atoms with Gasteiger partial charge in [-0.2, -0.15) is 0 Å². The maximum atomic E-state index is 12.4. The lowest BCUT2D eigenvalue weighted by Crippen LogP contribution is -2.26. The van der Waals surface area contributed by atoms with E-state index in [4.69, 9.17) is 0 Å². The van der Waals surface area contributed by atoms with E-state index >= 15 is 0 Å². The van der Waals surface area contributed by atoms with Gasteiger partial charge in [0, 0.05) is 16.7 Å². The van der Waals surface area contributed by atoms with E-state index in [1.54, 1.807) is 0 Å². The van der Waals surface area contributed by atoms with Crippen LogP contribution in [0.25, 0.3) is 43.4 Å². The average Bonchev–Trinajstić information content (AvgIpc) is 3.07. The Kier molecular flexibility index (Phi) is 2.95. The minimum absolute atomic E-state index is 0.950. The van der Waals surface area contributed by atoms with E-state index < -0.39 is 5.60 Å². The van der Waals surface area contributed by atoms with Gasteiger partial charge in [-0.05, 0) is 43.4 Å². The summed E-state index contributed by atoms with van der Waals surface area (Å²) in [6.45, 7) is 0. The molecule has 30 heavy (non-hydrogen) atoms. The van der Waals surface area contributed by atoms with Gasteiger partial charge in [0.1, 0.15) is 5.60 Å². The van der Waals surface area contributed by atoms with Gasteiger partial charge in [0.05, 0.1) is 0 Å². The Morgan fingerprint density at radius 2 is 0.967 bits per heavy atom. The summed E-state index contributed by atoms with van der Waals surface area (Å²) in [5, 5.41) is 19.7. The molecule has 0 amide bonds. The van der Waals surface area contributed by atoms with E-state index in [1.165, 1.54) is 26.9 Å². The standard InChI is InChI=1S/C29H18O/c30-29(24-10-3-1-8-21(24)22-9-2-4-11-25(22)29)26-17-15-20-13-12-18-6-5-7-19-14-16-23(26)28(20)27(18)19/h1-17,30H. The van der Waals surface area contributed by atoms with Crippen molar-refractivity contribution in [1.29, 1.82) is 0 Å². The highest BCUT2D eigenvalue weighted by molar-refractivity contribution is 6.23. The molecule has 1 nitrogen and oxygen atoms in total. The van der Waals surface area contributed by atoms with Crippen LogP contribution in [0.4, 0.5) is 0 Å². The lowest BCUT2D eigenvalue weighted by Gasteiger charge is -2.28. The van der Waals surface area contributed by atoms with E-state index in [0.717, 1.165) is 33.2 Å². The number of hydrogen-bond donors (Lipinski definition) is 1. The van der Waals surface area contributed by atoms with Crippen LogP contribution in [0.15, 0.2) is 103 Å². The van der Waals surface area contributed by atoms with Crippen LogP contribution in [0, 0.1) is 0 Å². The maximum absolute atomic E-state index is 12.4. The first-order chi connectivity index (χ1) is 14.8. The molecule has 1 N–H and O–H groups in total. The number of fused-ring (bicyclic) bond motifs is 3. The Bertz CT molecular complexity index is 1550. The van der Waals surface area contributed by atoms with Gasteiger partial charge >= 0.3 is 0 Å². The second-order valence-electron chi connectivity index (χ2n) is 8.27. The van der Waals surface area contributed by atoms with Gasteiger partial charge in [0.15, 0.2) is 0 Å². The molecule has 0 atom stereocenters. The molecule has 0 aliphatic heterocycles. The lowest BCUT2D eigenvalue weighted by molar-refractivity contribution is 0.132. The largest absolute Gasteiger partial charge is 0.376 e. The molecule has 0 fully saturated rings. The molecule has 0 aromatic heterocycles. The average molecular weight is 382 g/mol. The normalized spacial score (nSPS) is 14.4. The van der Waals surface area contributed by atoms with Crippen molar-refractivity contribution in [2.75, 3.05) is 0 Å². The molecule has 1 heteroatoms. The predicted octanol–water partition coefficient (Wildman–Crippen LogP) is 6.85. The first-order valence-electron chi connectivity index (χ1n) is 10.4. The predicted molar refractivity (Wildman–Crippen MR) is 124 cm³/mol. The Balaban J connectivity index is 1.67. The summed E-state index contributed by atoms with van der Waals surface area (Å²) in [7, 11) is 0. The van der Waals surface area contributed by atoms with Gasteiger partial charge in [0.25, 0.3) is 0 Å². The summed E-state index contributed by atoms with van der Waals surface area (Å²) in [5.74, 6) is 0. The molecule has 0 saturated carbocycles. The van der Waals surface area contributed by atoms with Crippen LogP contribution >= 0.6 is 0 Å². The molecule has 1 aliphatic carbocycles. The number of benzene rings is 6. The SMILES string of the molecule is OC1(c2ccc3ccc4cccc5ccc2c3c45)c2ccccc2-c2ccccc21. The van der Waals surface area contributed by atoms with Crippen LogP contribution in [0.2, 0.25) is 0 Å². The fourth-order valence-corrected chi connectivity index (χ4v) is 5.55.